The van der Waals surface area contributed by atoms with Gasteiger partial charge in [-0.15, -0.1) is 0 Å². The van der Waals surface area contributed by atoms with Crippen molar-refractivity contribution in [3.63, 3.8) is 0 Å². The van der Waals surface area contributed by atoms with Crippen LogP contribution in [0.5, 0.6) is 0 Å². The van der Waals surface area contributed by atoms with Crippen LogP contribution in [0.15, 0.2) is 0 Å². The van der Waals surface area contributed by atoms with Crippen LogP contribution in [0.25, 0.3) is 0 Å². The van der Waals surface area contributed by atoms with Gasteiger partial charge in [0.25, 0.3) is 0 Å². The van der Waals surface area contributed by atoms with Crippen LogP contribution in [0, 0.1) is 0 Å². The molecule has 4 atom stereocenters. The van der Waals surface area contributed by atoms with Crippen LogP contribution in [-0.4, -0.2) is 46.6 Å². The van der Waals surface area contributed by atoms with Crippen molar-refractivity contribution in [2.45, 2.75) is 89.6 Å². The summed E-state index contributed by atoms with van der Waals surface area (Å²) >= 11 is 0. The SMILES string of the molecule is CC1CC[C@@H](O)CCC(=O)O[C@@H](C)CC[C@@H](O)CCC(=O)O1. The van der Waals surface area contributed by atoms with Crippen molar-refractivity contribution in [3.05, 3.63) is 0 Å². The summed E-state index contributed by atoms with van der Waals surface area (Å²) in [4.78, 5) is 23.3. The number of aliphatic hydroxyl groups excluding tert-OH is 2. The Hall–Kier alpha value is -1.14. The van der Waals surface area contributed by atoms with Gasteiger partial charge in [0, 0.05) is 12.8 Å². The molecule has 2 N–H and O–H groups in total. The van der Waals surface area contributed by atoms with Gasteiger partial charge >= 0.3 is 11.9 Å². The quantitative estimate of drug-likeness (QED) is 0.661. The predicted octanol–water partition coefficient (Wildman–Crippen LogP) is 1.71. The molecule has 0 spiro atoms. The number of esters is 2. The zero-order valence-electron chi connectivity index (χ0n) is 13.5. The molecular formula is C16H28O6. The van der Waals surface area contributed by atoms with Crippen molar-refractivity contribution in [2.24, 2.45) is 0 Å². The highest BCUT2D eigenvalue weighted by atomic mass is 16.5. The number of aliphatic hydroxyl groups is 2. The van der Waals surface area contributed by atoms with Gasteiger partial charge in [-0.1, -0.05) is 0 Å². The Kier molecular flexibility index (Phi) is 8.42. The van der Waals surface area contributed by atoms with Crippen LogP contribution < -0.4 is 0 Å². The van der Waals surface area contributed by atoms with E-state index in [-0.39, 0.29) is 37.0 Å². The van der Waals surface area contributed by atoms with Gasteiger partial charge < -0.3 is 19.7 Å². The molecule has 0 radical (unpaired) electrons. The third-order valence-electron chi connectivity index (χ3n) is 3.84. The second kappa shape index (κ2) is 9.79. The van der Waals surface area contributed by atoms with Crippen molar-refractivity contribution in [1.29, 1.82) is 0 Å². The third kappa shape index (κ3) is 8.34. The molecule has 128 valence electrons. The molecule has 0 aromatic carbocycles. The van der Waals surface area contributed by atoms with Crippen LogP contribution in [-0.2, 0) is 19.1 Å². The Morgan fingerprint density at radius 2 is 1.09 bits per heavy atom. The monoisotopic (exact) mass is 316 g/mol. The van der Waals surface area contributed by atoms with E-state index in [0.717, 1.165) is 0 Å². The number of ether oxygens (including phenoxy) is 2. The average molecular weight is 316 g/mol. The van der Waals surface area contributed by atoms with E-state index in [0.29, 0.717) is 38.5 Å². The molecule has 0 amide bonds. The number of hydrogen-bond donors (Lipinski definition) is 2. The zero-order chi connectivity index (χ0) is 16.5. The number of rotatable bonds is 0. The van der Waals surface area contributed by atoms with Gasteiger partial charge in [-0.3, -0.25) is 9.59 Å². The molecule has 1 unspecified atom stereocenters. The van der Waals surface area contributed by atoms with E-state index in [9.17, 15) is 19.8 Å². The average Bonchev–Trinajstić information content (AvgIpc) is 2.46. The maximum Gasteiger partial charge on any atom is 0.306 e. The van der Waals surface area contributed by atoms with E-state index in [1.165, 1.54) is 0 Å². The highest BCUT2D eigenvalue weighted by Gasteiger charge is 2.18. The van der Waals surface area contributed by atoms with Crippen LogP contribution in [0.2, 0.25) is 0 Å². The van der Waals surface area contributed by atoms with E-state index in [2.05, 4.69) is 0 Å². The largest absolute Gasteiger partial charge is 0.463 e. The summed E-state index contributed by atoms with van der Waals surface area (Å²) in [6, 6.07) is 0. The Balaban J connectivity index is 2.55. The van der Waals surface area contributed by atoms with E-state index < -0.39 is 12.2 Å². The number of carbonyl (C=O) groups is 2. The molecule has 0 aliphatic carbocycles. The lowest BCUT2D eigenvalue weighted by Gasteiger charge is -2.19. The first kappa shape index (κ1) is 18.9. The van der Waals surface area contributed by atoms with E-state index >= 15 is 0 Å². The van der Waals surface area contributed by atoms with Crippen molar-refractivity contribution < 1.29 is 29.3 Å². The molecule has 6 nitrogen and oxygen atoms in total. The molecular weight excluding hydrogens is 288 g/mol. The maximum absolute atomic E-state index is 11.7. The minimum Gasteiger partial charge on any atom is -0.463 e. The van der Waals surface area contributed by atoms with Crippen molar-refractivity contribution in [3.8, 4) is 0 Å². The van der Waals surface area contributed by atoms with Crippen LogP contribution in [0.4, 0.5) is 0 Å². The Bertz CT molecular complexity index is 323. The Morgan fingerprint density at radius 3 is 1.45 bits per heavy atom. The molecule has 22 heavy (non-hydrogen) atoms. The zero-order valence-corrected chi connectivity index (χ0v) is 13.5. The predicted molar refractivity (Wildman–Crippen MR) is 80.1 cm³/mol. The first-order valence-corrected chi connectivity index (χ1v) is 8.12. The molecule has 1 aliphatic rings. The summed E-state index contributed by atoms with van der Waals surface area (Å²) in [6.45, 7) is 3.56. The van der Waals surface area contributed by atoms with Crippen molar-refractivity contribution >= 4 is 11.9 Å². The number of carbonyl (C=O) groups excluding carboxylic acids is 2. The van der Waals surface area contributed by atoms with Gasteiger partial charge in [0.05, 0.1) is 24.4 Å². The minimum atomic E-state index is -0.598. The van der Waals surface area contributed by atoms with Crippen LogP contribution in [0.3, 0.4) is 0 Å². The first-order chi connectivity index (χ1) is 10.4. The fourth-order valence-corrected chi connectivity index (χ4v) is 2.40. The van der Waals surface area contributed by atoms with Gasteiger partial charge in [-0.05, 0) is 52.4 Å². The second-order valence-electron chi connectivity index (χ2n) is 6.14. The lowest BCUT2D eigenvalue weighted by Crippen LogP contribution is -2.22. The molecule has 1 fully saturated rings. The van der Waals surface area contributed by atoms with Crippen LogP contribution in [0.1, 0.15) is 65.2 Å². The maximum atomic E-state index is 11.7. The molecule has 1 heterocycles. The van der Waals surface area contributed by atoms with Crippen LogP contribution >= 0.6 is 0 Å². The Labute approximate surface area is 131 Å². The van der Waals surface area contributed by atoms with Gasteiger partial charge in [0.2, 0.25) is 0 Å². The highest BCUT2D eigenvalue weighted by molar-refractivity contribution is 5.70. The fraction of sp³-hybridized carbons (Fsp3) is 0.875. The molecule has 1 aliphatic heterocycles. The smallest absolute Gasteiger partial charge is 0.306 e. The third-order valence-corrected chi connectivity index (χ3v) is 3.84. The summed E-state index contributed by atoms with van der Waals surface area (Å²) < 4.78 is 10.5. The lowest BCUT2D eigenvalue weighted by atomic mass is 10.1. The minimum absolute atomic E-state index is 0.169. The Morgan fingerprint density at radius 1 is 0.727 bits per heavy atom. The summed E-state index contributed by atoms with van der Waals surface area (Å²) in [5, 5.41) is 19.7. The normalized spacial score (nSPS) is 33.8. The second-order valence-corrected chi connectivity index (χ2v) is 6.14. The topological polar surface area (TPSA) is 93.1 Å². The fourth-order valence-electron chi connectivity index (χ4n) is 2.40. The van der Waals surface area contributed by atoms with Gasteiger partial charge in [0.1, 0.15) is 0 Å². The summed E-state index contributed by atoms with van der Waals surface area (Å²) in [5.41, 5.74) is 0. The summed E-state index contributed by atoms with van der Waals surface area (Å²) in [6.07, 6.45) is 1.30. The molecule has 0 saturated carbocycles. The molecule has 0 bridgehead atoms. The van der Waals surface area contributed by atoms with E-state index in [4.69, 9.17) is 9.47 Å². The van der Waals surface area contributed by atoms with Crippen molar-refractivity contribution in [2.75, 3.05) is 0 Å². The van der Waals surface area contributed by atoms with Gasteiger partial charge in [0.15, 0.2) is 0 Å². The molecule has 0 aromatic rings. The first-order valence-electron chi connectivity index (χ1n) is 8.12. The molecule has 0 aromatic heterocycles. The summed E-state index contributed by atoms with van der Waals surface area (Å²) in [5.74, 6) is -0.653. The molecule has 6 heteroatoms. The molecule has 1 saturated heterocycles. The molecule has 1 rings (SSSR count). The van der Waals surface area contributed by atoms with Crippen molar-refractivity contribution in [1.82, 2.24) is 0 Å². The van der Waals surface area contributed by atoms with E-state index in [1.807, 2.05) is 0 Å². The number of cyclic esters (lactones) is 2. The van der Waals surface area contributed by atoms with E-state index in [1.54, 1.807) is 13.8 Å². The standard InChI is InChI=1S/C16H28O6/c1-11-3-5-13(17)8-10-16(20)22-12(2)4-6-14(18)7-9-15(19)21-11/h11-14,17-18H,3-10H2,1-2H3/t11-,12?,13+,14+/m0/s1. The van der Waals surface area contributed by atoms with Gasteiger partial charge in [-0.25, -0.2) is 0 Å². The summed E-state index contributed by atoms with van der Waals surface area (Å²) in [7, 11) is 0. The highest BCUT2D eigenvalue weighted by Crippen LogP contribution is 2.15. The lowest BCUT2D eigenvalue weighted by molar-refractivity contribution is -0.149. The number of hydrogen-bond acceptors (Lipinski definition) is 6. The van der Waals surface area contributed by atoms with Gasteiger partial charge in [-0.2, -0.15) is 0 Å².